The third-order valence-electron chi connectivity index (χ3n) is 14.5. The lowest BCUT2D eigenvalue weighted by Crippen LogP contribution is -2.67. The quantitative estimate of drug-likeness (QED) is 0.444. The first-order chi connectivity index (χ1) is 16.3. The molecule has 0 bridgehead atoms. The van der Waals surface area contributed by atoms with Crippen molar-refractivity contribution in [1.29, 1.82) is 0 Å². The van der Waals surface area contributed by atoms with Crippen molar-refractivity contribution >= 4 is 5.97 Å². The van der Waals surface area contributed by atoms with Gasteiger partial charge in [-0.2, -0.15) is 0 Å². The minimum atomic E-state index is -0.515. The van der Waals surface area contributed by atoms with E-state index in [9.17, 15) is 15.0 Å². The van der Waals surface area contributed by atoms with Crippen molar-refractivity contribution in [3.8, 4) is 0 Å². The van der Waals surface area contributed by atoms with Crippen LogP contribution in [0, 0.1) is 62.6 Å². The van der Waals surface area contributed by atoms with Gasteiger partial charge in [-0.1, -0.05) is 41.5 Å². The maximum Gasteiger partial charge on any atom is 0.309 e. The van der Waals surface area contributed by atoms with Gasteiger partial charge in [-0.05, 0) is 121 Å². The fraction of sp³-hybridized carbons (Fsp3) is 0.968. The largest absolute Gasteiger partial charge is 0.481 e. The number of fused-ring (bicyclic) bond motifs is 7. The second kappa shape index (κ2) is 7.49. The minimum Gasteiger partial charge on any atom is -0.481 e. The van der Waals surface area contributed by atoms with Crippen LogP contribution in [0.4, 0.5) is 0 Å². The molecule has 0 spiro atoms. The van der Waals surface area contributed by atoms with E-state index >= 15 is 0 Å². The Hall–Kier alpha value is -0.610. The Kier molecular flexibility index (Phi) is 5.29. The Labute approximate surface area is 213 Å². The van der Waals surface area contributed by atoms with E-state index in [4.69, 9.17) is 4.74 Å². The molecule has 4 heteroatoms. The van der Waals surface area contributed by atoms with Crippen molar-refractivity contribution in [3.05, 3.63) is 0 Å². The molecule has 35 heavy (non-hydrogen) atoms. The van der Waals surface area contributed by atoms with Crippen LogP contribution in [0.15, 0.2) is 0 Å². The monoisotopic (exact) mass is 486 g/mol. The van der Waals surface area contributed by atoms with Crippen molar-refractivity contribution < 1.29 is 19.7 Å². The number of rotatable bonds is 3. The number of carbonyl (C=O) groups is 1. The first-order valence-electron chi connectivity index (χ1n) is 14.9. The first-order valence-corrected chi connectivity index (χ1v) is 14.9. The van der Waals surface area contributed by atoms with Crippen LogP contribution >= 0.6 is 0 Å². The second-order valence-electron chi connectivity index (χ2n) is 15.5. The number of carboxylic acids is 1. The number of aliphatic hydroxyl groups excluding tert-OH is 1. The van der Waals surface area contributed by atoms with Gasteiger partial charge in [-0.25, -0.2) is 0 Å². The van der Waals surface area contributed by atoms with Crippen molar-refractivity contribution in [2.75, 3.05) is 6.61 Å². The molecule has 6 unspecified atom stereocenters. The van der Waals surface area contributed by atoms with E-state index in [-0.39, 0.29) is 27.8 Å². The third-order valence-corrected chi connectivity index (χ3v) is 14.5. The molecule has 6 fully saturated rings. The van der Waals surface area contributed by atoms with Crippen LogP contribution in [0.1, 0.15) is 106 Å². The lowest BCUT2D eigenvalue weighted by Gasteiger charge is -2.72. The van der Waals surface area contributed by atoms with Crippen LogP contribution in [0.5, 0.6) is 0 Å². The summed E-state index contributed by atoms with van der Waals surface area (Å²) in [5, 5.41) is 21.6. The predicted molar refractivity (Wildman–Crippen MR) is 137 cm³/mol. The van der Waals surface area contributed by atoms with Gasteiger partial charge in [0.1, 0.15) is 0 Å². The number of aliphatic hydroxyl groups is 1. The van der Waals surface area contributed by atoms with E-state index in [1.807, 2.05) is 0 Å². The van der Waals surface area contributed by atoms with E-state index in [2.05, 4.69) is 41.5 Å². The normalized spacial score (nSPS) is 57.3. The van der Waals surface area contributed by atoms with Gasteiger partial charge in [0.25, 0.3) is 0 Å². The molecule has 1 heterocycles. The highest BCUT2D eigenvalue weighted by atomic mass is 16.6. The maximum atomic E-state index is 12.9. The van der Waals surface area contributed by atoms with Crippen molar-refractivity contribution in [1.82, 2.24) is 0 Å². The topological polar surface area (TPSA) is 70.1 Å². The van der Waals surface area contributed by atoms with Crippen molar-refractivity contribution in [2.24, 2.45) is 62.6 Å². The molecule has 1 aliphatic heterocycles. The van der Waals surface area contributed by atoms with E-state index < -0.39 is 11.4 Å². The summed E-state index contributed by atoms with van der Waals surface area (Å²) in [6, 6.07) is 0. The molecule has 4 nitrogen and oxygen atoms in total. The summed E-state index contributed by atoms with van der Waals surface area (Å²) in [5.41, 5.74) is 0.180. The molecule has 0 radical (unpaired) electrons. The fourth-order valence-corrected chi connectivity index (χ4v) is 12.2. The summed E-state index contributed by atoms with van der Waals surface area (Å²) >= 11 is 0. The minimum absolute atomic E-state index is 0.0205. The lowest BCUT2D eigenvalue weighted by molar-refractivity contribution is -0.249. The average Bonchev–Trinajstić information content (AvgIpc) is 3.56. The Morgan fingerprint density at radius 1 is 0.857 bits per heavy atom. The van der Waals surface area contributed by atoms with Crippen LogP contribution < -0.4 is 0 Å². The van der Waals surface area contributed by atoms with Gasteiger partial charge >= 0.3 is 5.97 Å². The van der Waals surface area contributed by atoms with Crippen LogP contribution in [0.3, 0.4) is 0 Å². The Balaban J connectivity index is 1.39. The third kappa shape index (κ3) is 2.96. The summed E-state index contributed by atoms with van der Waals surface area (Å²) in [6.45, 7) is 15.6. The number of hydrogen-bond donors (Lipinski definition) is 2. The highest BCUT2D eigenvalue weighted by Gasteiger charge is 2.72. The lowest BCUT2D eigenvalue weighted by atomic mass is 9.32. The van der Waals surface area contributed by atoms with Gasteiger partial charge in [-0.15, -0.1) is 0 Å². The van der Waals surface area contributed by atoms with E-state index in [1.165, 1.54) is 25.7 Å². The van der Waals surface area contributed by atoms with Gasteiger partial charge in [0.2, 0.25) is 0 Å². The first kappa shape index (κ1) is 24.7. The van der Waals surface area contributed by atoms with Gasteiger partial charge in [-0.3, -0.25) is 4.79 Å². The molecule has 6 rings (SSSR count). The number of carboxylic acid groups (broad SMARTS) is 1. The van der Waals surface area contributed by atoms with Gasteiger partial charge in [0.05, 0.1) is 24.2 Å². The molecular formula is C31H50O4. The maximum absolute atomic E-state index is 12.9. The molecule has 1 saturated heterocycles. The molecule has 5 saturated carbocycles. The van der Waals surface area contributed by atoms with Crippen LogP contribution in [0.2, 0.25) is 0 Å². The Bertz CT molecular complexity index is 894. The molecule has 0 aromatic rings. The molecular weight excluding hydrogens is 436 g/mol. The zero-order valence-electron chi connectivity index (χ0n) is 23.1. The fourth-order valence-electron chi connectivity index (χ4n) is 12.2. The molecule has 5 aliphatic carbocycles. The Morgan fingerprint density at radius 3 is 2.23 bits per heavy atom. The molecule has 0 aromatic heterocycles. The summed E-state index contributed by atoms with van der Waals surface area (Å²) in [7, 11) is 0. The summed E-state index contributed by atoms with van der Waals surface area (Å²) in [6.07, 6.45) is 11.0. The molecule has 0 aromatic carbocycles. The van der Waals surface area contributed by atoms with Gasteiger partial charge < -0.3 is 14.9 Å². The molecule has 2 N–H and O–H groups in total. The zero-order chi connectivity index (χ0) is 25.2. The SMILES string of the molecule is CC(C1CO1)[C@@H]1CC[C@]2(C(=O)O)CC[C@]3(C)C(CCC4[C@@]5(C)CC[C@@H](O)C(C)(C)C5CC[C@]43C)C12. The van der Waals surface area contributed by atoms with Gasteiger partial charge in [0.15, 0.2) is 0 Å². The molecule has 198 valence electrons. The van der Waals surface area contributed by atoms with Crippen LogP contribution in [0.25, 0.3) is 0 Å². The average molecular weight is 487 g/mol. The molecule has 0 amide bonds. The molecule has 12 atom stereocenters. The van der Waals surface area contributed by atoms with E-state index in [0.717, 1.165) is 45.1 Å². The number of epoxide rings is 1. The highest BCUT2D eigenvalue weighted by molar-refractivity contribution is 5.76. The summed E-state index contributed by atoms with van der Waals surface area (Å²) < 4.78 is 5.76. The summed E-state index contributed by atoms with van der Waals surface area (Å²) in [4.78, 5) is 12.9. The zero-order valence-corrected chi connectivity index (χ0v) is 23.1. The number of hydrogen-bond acceptors (Lipinski definition) is 3. The van der Waals surface area contributed by atoms with Crippen LogP contribution in [-0.2, 0) is 9.53 Å². The van der Waals surface area contributed by atoms with Crippen molar-refractivity contribution in [3.63, 3.8) is 0 Å². The van der Waals surface area contributed by atoms with Gasteiger partial charge in [0, 0.05) is 0 Å². The smallest absolute Gasteiger partial charge is 0.309 e. The van der Waals surface area contributed by atoms with E-state index in [1.54, 1.807) is 0 Å². The number of aliphatic carboxylic acids is 1. The number of ether oxygens (including phenoxy) is 1. The molecule has 6 aliphatic rings. The second-order valence-corrected chi connectivity index (χ2v) is 15.5. The standard InChI is InChI=1S/C31H50O4/c1-18(21-17-35-21)19-9-14-31(26(33)34)16-15-29(5)20(25(19)31)7-8-23-28(4)12-11-24(32)27(2,3)22(28)10-13-30(23,29)6/h18-25,32H,7-17H2,1-6H3,(H,33,34)/t18?,19-,20?,21?,22?,23?,24+,25?,28-,29+,30+,31-/m0/s1. The van der Waals surface area contributed by atoms with Crippen LogP contribution in [-0.4, -0.2) is 35.0 Å². The highest BCUT2D eigenvalue weighted by Crippen LogP contribution is 2.77. The van der Waals surface area contributed by atoms with Crippen molar-refractivity contribution in [2.45, 2.75) is 118 Å². The summed E-state index contributed by atoms with van der Waals surface area (Å²) in [5.74, 6) is 2.49. The predicted octanol–water partition coefficient (Wildman–Crippen LogP) is 6.55. The Morgan fingerprint density at radius 2 is 1.57 bits per heavy atom. The van der Waals surface area contributed by atoms with E-state index in [0.29, 0.717) is 41.6 Å².